The zero-order chi connectivity index (χ0) is 17.6. The highest BCUT2D eigenvalue weighted by molar-refractivity contribution is 5.93. The van der Waals surface area contributed by atoms with Gasteiger partial charge in [0.15, 0.2) is 5.69 Å². The molecule has 1 aliphatic rings. The van der Waals surface area contributed by atoms with Crippen molar-refractivity contribution in [1.82, 2.24) is 9.78 Å². The van der Waals surface area contributed by atoms with Crippen molar-refractivity contribution in [3.05, 3.63) is 42.2 Å². The summed E-state index contributed by atoms with van der Waals surface area (Å²) in [5.41, 5.74) is 1.17. The molecule has 0 spiro atoms. The lowest BCUT2D eigenvalue weighted by Crippen LogP contribution is -2.22. The zero-order valence-corrected chi connectivity index (χ0v) is 13.9. The smallest absolute Gasteiger partial charge is 0.356 e. The summed E-state index contributed by atoms with van der Waals surface area (Å²) in [4.78, 5) is 23.2. The maximum absolute atomic E-state index is 12.3. The van der Waals surface area contributed by atoms with Gasteiger partial charge in [-0.1, -0.05) is 12.1 Å². The van der Waals surface area contributed by atoms with Gasteiger partial charge in [0.05, 0.1) is 17.5 Å². The molecule has 0 aliphatic carbocycles. The molecular weight excluding hydrogens is 322 g/mol. The number of benzene rings is 1. The Morgan fingerprint density at radius 3 is 2.84 bits per heavy atom. The van der Waals surface area contributed by atoms with E-state index in [-0.39, 0.29) is 17.7 Å². The maximum atomic E-state index is 12.3. The molecule has 1 fully saturated rings. The summed E-state index contributed by atoms with van der Waals surface area (Å²) in [6.45, 7) is 0.778. The van der Waals surface area contributed by atoms with Crippen molar-refractivity contribution in [2.75, 3.05) is 11.9 Å². The molecule has 1 unspecified atom stereocenters. The number of ether oxygens (including phenoxy) is 1. The Hall–Kier alpha value is -2.67. The SMILES string of the molecule is O=C(CCC1CCCCO1)Nc1ccccc1-n1ccc(C(=O)O)n1. The number of carboxylic acid groups (broad SMARTS) is 1. The summed E-state index contributed by atoms with van der Waals surface area (Å²) in [7, 11) is 0. The number of anilines is 1. The summed E-state index contributed by atoms with van der Waals surface area (Å²) in [5, 5.41) is 15.9. The van der Waals surface area contributed by atoms with Crippen LogP contribution in [0.15, 0.2) is 36.5 Å². The minimum absolute atomic E-state index is 0.0458. The van der Waals surface area contributed by atoms with E-state index in [0.29, 0.717) is 24.2 Å². The highest BCUT2D eigenvalue weighted by atomic mass is 16.5. The van der Waals surface area contributed by atoms with Gasteiger partial charge in [-0.25, -0.2) is 9.48 Å². The van der Waals surface area contributed by atoms with E-state index in [4.69, 9.17) is 9.84 Å². The van der Waals surface area contributed by atoms with Crippen LogP contribution in [0.3, 0.4) is 0 Å². The number of carbonyl (C=O) groups excluding carboxylic acids is 1. The van der Waals surface area contributed by atoms with Gasteiger partial charge in [0.1, 0.15) is 0 Å². The second-order valence-corrected chi connectivity index (χ2v) is 6.04. The Kier molecular flexibility index (Phi) is 5.45. The quantitative estimate of drug-likeness (QED) is 0.841. The van der Waals surface area contributed by atoms with Crippen molar-refractivity contribution >= 4 is 17.6 Å². The lowest BCUT2D eigenvalue weighted by atomic mass is 10.0. The predicted molar refractivity (Wildman–Crippen MR) is 92.0 cm³/mol. The molecule has 0 saturated carbocycles. The lowest BCUT2D eigenvalue weighted by molar-refractivity contribution is -0.117. The van der Waals surface area contributed by atoms with Gasteiger partial charge in [-0.2, -0.15) is 5.10 Å². The van der Waals surface area contributed by atoms with E-state index >= 15 is 0 Å². The van der Waals surface area contributed by atoms with Gasteiger partial charge in [-0.05, 0) is 43.9 Å². The topological polar surface area (TPSA) is 93.5 Å². The molecule has 2 N–H and O–H groups in total. The van der Waals surface area contributed by atoms with Crippen LogP contribution in [0.5, 0.6) is 0 Å². The number of aromatic carboxylic acids is 1. The molecule has 25 heavy (non-hydrogen) atoms. The number of nitrogens with one attached hydrogen (secondary N) is 1. The van der Waals surface area contributed by atoms with E-state index < -0.39 is 5.97 Å². The summed E-state index contributed by atoms with van der Waals surface area (Å²) in [6, 6.07) is 8.58. The predicted octanol–water partition coefficient (Wildman–Crippen LogP) is 2.86. The number of carbonyl (C=O) groups is 2. The van der Waals surface area contributed by atoms with Crippen molar-refractivity contribution in [3.8, 4) is 5.69 Å². The molecule has 2 aromatic rings. The molecule has 3 rings (SSSR count). The lowest BCUT2D eigenvalue weighted by Gasteiger charge is -2.22. The molecule has 1 atom stereocenters. The molecule has 0 bridgehead atoms. The highest BCUT2D eigenvalue weighted by Crippen LogP contribution is 2.21. The fourth-order valence-electron chi connectivity index (χ4n) is 2.89. The molecule has 1 aromatic carbocycles. The standard InChI is InChI=1S/C18H21N3O4/c22-17(9-8-13-5-3-4-12-25-13)19-14-6-1-2-7-16(14)21-11-10-15(20-21)18(23)24/h1-2,6-7,10-11,13H,3-5,8-9,12H2,(H,19,22)(H,23,24). The number of nitrogens with zero attached hydrogens (tertiary/aromatic N) is 2. The molecule has 7 nitrogen and oxygen atoms in total. The van der Waals surface area contributed by atoms with Crippen LogP contribution in [-0.4, -0.2) is 39.5 Å². The number of carboxylic acids is 1. The van der Waals surface area contributed by atoms with Gasteiger partial charge in [0.25, 0.3) is 0 Å². The largest absolute Gasteiger partial charge is 0.476 e. The third-order valence-corrected chi connectivity index (χ3v) is 4.20. The van der Waals surface area contributed by atoms with Crippen LogP contribution in [0.2, 0.25) is 0 Å². The van der Waals surface area contributed by atoms with Gasteiger partial charge < -0.3 is 15.2 Å². The molecule has 7 heteroatoms. The molecule has 1 saturated heterocycles. The van der Waals surface area contributed by atoms with Gasteiger partial charge in [0, 0.05) is 19.2 Å². The Morgan fingerprint density at radius 1 is 1.28 bits per heavy atom. The molecule has 0 radical (unpaired) electrons. The minimum atomic E-state index is -1.09. The highest BCUT2D eigenvalue weighted by Gasteiger charge is 2.16. The van der Waals surface area contributed by atoms with E-state index in [1.165, 1.54) is 10.7 Å². The monoisotopic (exact) mass is 343 g/mol. The maximum Gasteiger partial charge on any atom is 0.356 e. The third kappa shape index (κ3) is 4.45. The first-order valence-corrected chi connectivity index (χ1v) is 8.43. The number of amides is 1. The van der Waals surface area contributed by atoms with Crippen LogP contribution < -0.4 is 5.32 Å². The summed E-state index contributed by atoms with van der Waals surface area (Å²) >= 11 is 0. The number of para-hydroxylation sites is 2. The molecule has 1 aromatic heterocycles. The summed E-state index contributed by atoms with van der Waals surface area (Å²) in [6.07, 6.45) is 6.08. The minimum Gasteiger partial charge on any atom is -0.476 e. The van der Waals surface area contributed by atoms with Gasteiger partial charge >= 0.3 is 5.97 Å². The number of hydrogen-bond donors (Lipinski definition) is 2. The Labute approximate surface area is 145 Å². The molecule has 1 amide bonds. The van der Waals surface area contributed by atoms with Gasteiger partial charge in [-0.15, -0.1) is 0 Å². The first kappa shape index (κ1) is 17.2. The summed E-state index contributed by atoms with van der Waals surface area (Å²) < 4.78 is 7.09. The molecular formula is C18H21N3O4. The van der Waals surface area contributed by atoms with E-state index in [1.54, 1.807) is 18.3 Å². The molecule has 2 heterocycles. The second kappa shape index (κ2) is 7.94. The van der Waals surface area contributed by atoms with Crippen molar-refractivity contribution in [3.63, 3.8) is 0 Å². The number of rotatable bonds is 6. The Bertz CT molecular complexity index is 750. The fraction of sp³-hybridized carbons (Fsp3) is 0.389. The first-order chi connectivity index (χ1) is 12.1. The van der Waals surface area contributed by atoms with Crippen LogP contribution in [0.25, 0.3) is 5.69 Å². The van der Waals surface area contributed by atoms with Crippen molar-refractivity contribution in [1.29, 1.82) is 0 Å². The van der Waals surface area contributed by atoms with E-state index in [2.05, 4.69) is 10.4 Å². The molecule has 132 valence electrons. The van der Waals surface area contributed by atoms with E-state index in [0.717, 1.165) is 25.9 Å². The Balaban J connectivity index is 1.65. The van der Waals surface area contributed by atoms with Crippen LogP contribution in [0.1, 0.15) is 42.6 Å². The molecule has 1 aliphatic heterocycles. The van der Waals surface area contributed by atoms with Crippen LogP contribution >= 0.6 is 0 Å². The summed E-state index contributed by atoms with van der Waals surface area (Å²) in [5.74, 6) is -1.18. The van der Waals surface area contributed by atoms with Gasteiger partial charge in [0.2, 0.25) is 5.91 Å². The fourth-order valence-corrected chi connectivity index (χ4v) is 2.89. The van der Waals surface area contributed by atoms with Crippen molar-refractivity contribution in [2.45, 2.75) is 38.2 Å². The van der Waals surface area contributed by atoms with Crippen molar-refractivity contribution in [2.24, 2.45) is 0 Å². The van der Waals surface area contributed by atoms with Crippen LogP contribution in [0.4, 0.5) is 5.69 Å². The average molecular weight is 343 g/mol. The van der Waals surface area contributed by atoms with Crippen molar-refractivity contribution < 1.29 is 19.4 Å². The van der Waals surface area contributed by atoms with Crippen LogP contribution in [-0.2, 0) is 9.53 Å². The number of aromatic nitrogens is 2. The van der Waals surface area contributed by atoms with E-state index in [1.807, 2.05) is 12.1 Å². The second-order valence-electron chi connectivity index (χ2n) is 6.04. The average Bonchev–Trinajstić information content (AvgIpc) is 3.12. The van der Waals surface area contributed by atoms with E-state index in [9.17, 15) is 9.59 Å². The van der Waals surface area contributed by atoms with Gasteiger partial charge in [-0.3, -0.25) is 4.79 Å². The first-order valence-electron chi connectivity index (χ1n) is 8.43. The number of hydrogen-bond acceptors (Lipinski definition) is 4. The third-order valence-electron chi connectivity index (χ3n) is 4.20. The Morgan fingerprint density at radius 2 is 2.12 bits per heavy atom. The van der Waals surface area contributed by atoms with Crippen LogP contribution in [0, 0.1) is 0 Å². The normalized spacial score (nSPS) is 17.2. The zero-order valence-electron chi connectivity index (χ0n) is 13.9.